The number of rotatable bonds is 4. The number of nitrogens with zero attached hydrogens (tertiary/aromatic N) is 3. The highest BCUT2D eigenvalue weighted by atomic mass is 16.3. The van der Waals surface area contributed by atoms with E-state index in [9.17, 15) is 15.5 Å². The van der Waals surface area contributed by atoms with Crippen LogP contribution in [0, 0.1) is 34.5 Å². The van der Waals surface area contributed by atoms with Gasteiger partial charge in [-0.1, -0.05) is 36.4 Å². The molecule has 0 spiro atoms. The summed E-state index contributed by atoms with van der Waals surface area (Å²) in [6.07, 6.45) is 8.93. The van der Waals surface area contributed by atoms with Crippen molar-refractivity contribution < 1.29 is 10.2 Å². The zero-order valence-corrected chi connectivity index (χ0v) is 19.1. The Labute approximate surface area is 199 Å². The molecule has 3 aromatic rings. The van der Waals surface area contributed by atoms with Crippen LogP contribution in [0.15, 0.2) is 61.1 Å². The van der Waals surface area contributed by atoms with Crippen molar-refractivity contribution in [3.8, 4) is 17.3 Å². The van der Waals surface area contributed by atoms with Crippen LogP contribution in [0.2, 0.25) is 0 Å². The zero-order chi connectivity index (χ0) is 23.1. The van der Waals surface area contributed by atoms with Gasteiger partial charge in [0, 0.05) is 5.56 Å². The third-order valence-corrected chi connectivity index (χ3v) is 9.71. The Kier molecular flexibility index (Phi) is 4.23. The first kappa shape index (κ1) is 20.4. The first-order valence-corrected chi connectivity index (χ1v) is 12.5. The number of benzene rings is 2. The van der Waals surface area contributed by atoms with Crippen molar-refractivity contribution in [1.82, 2.24) is 9.55 Å². The molecule has 0 radical (unpaired) electrons. The Balaban J connectivity index is 1.19. The molecule has 2 N–H and O–H groups in total. The van der Waals surface area contributed by atoms with E-state index in [1.54, 1.807) is 0 Å². The Hall–Kier alpha value is -2.94. The maximum Gasteiger partial charge on any atom is 0.0991 e. The molecule has 4 unspecified atom stereocenters. The van der Waals surface area contributed by atoms with Gasteiger partial charge in [-0.25, -0.2) is 4.98 Å². The molecular weight excluding hydrogens is 422 g/mol. The second-order valence-corrected chi connectivity index (χ2v) is 11.3. The Morgan fingerprint density at radius 1 is 1.06 bits per heavy atom. The summed E-state index contributed by atoms with van der Waals surface area (Å²) in [5.74, 6) is 0.882. The number of aromatic nitrogens is 2. The fraction of sp³-hybridized carbons (Fsp3) is 0.448. The Morgan fingerprint density at radius 3 is 2.53 bits per heavy atom. The quantitative estimate of drug-likeness (QED) is 0.598. The number of nitriles is 1. The predicted molar refractivity (Wildman–Crippen MR) is 127 cm³/mol. The molecule has 5 nitrogen and oxygen atoms in total. The summed E-state index contributed by atoms with van der Waals surface area (Å²) >= 11 is 0. The zero-order valence-electron chi connectivity index (χ0n) is 19.1. The van der Waals surface area contributed by atoms with Crippen LogP contribution in [0.3, 0.4) is 0 Å². The summed E-state index contributed by atoms with van der Waals surface area (Å²) in [5.41, 5.74) is 4.21. The molecule has 4 bridgehead atoms. The molecule has 4 aliphatic carbocycles. The highest BCUT2D eigenvalue weighted by molar-refractivity contribution is 5.68. The standard InChI is InChI=1S/C29H29N3O2/c30-15-18-5-7-20(8-6-18)29(34)21-9-19-10-22(29)14-28(12-19,13-21)27(33)11-25-23-3-1-2-4-24(23)26-16-31-17-32(25)26/h1-8,16-17,19,21-22,25,27,33-34H,9-14H2. The molecular formula is C29H29N3O2. The molecule has 2 heterocycles. The molecule has 5 aliphatic rings. The van der Waals surface area contributed by atoms with Gasteiger partial charge in [-0.05, 0) is 85.0 Å². The molecule has 34 heavy (non-hydrogen) atoms. The summed E-state index contributed by atoms with van der Waals surface area (Å²) in [6.45, 7) is 0. The molecule has 4 fully saturated rings. The Morgan fingerprint density at radius 2 is 1.79 bits per heavy atom. The fourth-order valence-electron chi connectivity index (χ4n) is 8.37. The van der Waals surface area contributed by atoms with Crippen molar-refractivity contribution >= 4 is 0 Å². The molecule has 4 atom stereocenters. The topological polar surface area (TPSA) is 82.1 Å². The first-order valence-electron chi connectivity index (χ1n) is 12.5. The number of aliphatic hydroxyl groups excluding tert-OH is 1. The van der Waals surface area contributed by atoms with Crippen molar-refractivity contribution in [1.29, 1.82) is 5.26 Å². The summed E-state index contributed by atoms with van der Waals surface area (Å²) in [7, 11) is 0. The van der Waals surface area contributed by atoms with E-state index in [-0.39, 0.29) is 23.3 Å². The predicted octanol–water partition coefficient (Wildman–Crippen LogP) is 4.79. The van der Waals surface area contributed by atoms with E-state index < -0.39 is 11.7 Å². The SMILES string of the molecule is N#Cc1ccc(C2(O)C3CC4CC2CC(C(O)CC2c5ccccc5-c5cncn52)(C4)C3)cc1. The van der Waals surface area contributed by atoms with Gasteiger partial charge in [0.15, 0.2) is 0 Å². The van der Waals surface area contributed by atoms with Crippen LogP contribution in [0.1, 0.15) is 61.3 Å². The minimum absolute atomic E-state index is 0.106. The molecule has 0 saturated heterocycles. The third-order valence-electron chi connectivity index (χ3n) is 9.71. The number of imidazole rings is 1. The van der Waals surface area contributed by atoms with E-state index in [1.165, 1.54) is 11.1 Å². The van der Waals surface area contributed by atoms with Gasteiger partial charge < -0.3 is 14.8 Å². The largest absolute Gasteiger partial charge is 0.392 e. The van der Waals surface area contributed by atoms with Gasteiger partial charge in [0.2, 0.25) is 0 Å². The lowest BCUT2D eigenvalue weighted by atomic mass is 9.42. The van der Waals surface area contributed by atoms with Crippen molar-refractivity contribution in [2.24, 2.45) is 23.2 Å². The number of hydrogen-bond donors (Lipinski definition) is 2. The van der Waals surface area contributed by atoms with E-state index in [2.05, 4.69) is 39.9 Å². The normalized spacial score (nSPS) is 35.6. The number of fused-ring (bicyclic) bond motifs is 3. The van der Waals surface area contributed by atoms with Gasteiger partial charge >= 0.3 is 0 Å². The summed E-state index contributed by atoms with van der Waals surface area (Å²) in [4.78, 5) is 4.39. The number of hydrogen-bond acceptors (Lipinski definition) is 4. The van der Waals surface area contributed by atoms with E-state index >= 15 is 0 Å². The van der Waals surface area contributed by atoms with Gasteiger partial charge in [-0.15, -0.1) is 0 Å². The van der Waals surface area contributed by atoms with Gasteiger partial charge in [-0.3, -0.25) is 0 Å². The monoisotopic (exact) mass is 451 g/mol. The average molecular weight is 452 g/mol. The number of aliphatic hydroxyl groups is 2. The van der Waals surface area contributed by atoms with E-state index in [0.29, 0.717) is 17.9 Å². The van der Waals surface area contributed by atoms with E-state index in [4.69, 9.17) is 0 Å². The maximum atomic E-state index is 12.1. The van der Waals surface area contributed by atoms with Crippen molar-refractivity contribution in [2.75, 3.05) is 0 Å². The minimum atomic E-state index is -0.856. The second-order valence-electron chi connectivity index (χ2n) is 11.3. The molecule has 2 aromatic carbocycles. The molecule has 1 aromatic heterocycles. The van der Waals surface area contributed by atoms with Crippen LogP contribution in [0.25, 0.3) is 11.3 Å². The molecule has 4 saturated carbocycles. The third kappa shape index (κ3) is 2.64. The second kappa shape index (κ2) is 7.04. The van der Waals surface area contributed by atoms with Crippen LogP contribution >= 0.6 is 0 Å². The van der Waals surface area contributed by atoms with Crippen LogP contribution in [-0.4, -0.2) is 25.9 Å². The van der Waals surface area contributed by atoms with E-state index in [0.717, 1.165) is 43.4 Å². The van der Waals surface area contributed by atoms with Crippen LogP contribution < -0.4 is 0 Å². The molecule has 5 heteroatoms. The summed E-state index contributed by atoms with van der Waals surface area (Å²) in [6, 6.07) is 18.3. The van der Waals surface area contributed by atoms with Crippen molar-refractivity contribution in [3.63, 3.8) is 0 Å². The molecule has 1 aliphatic heterocycles. The minimum Gasteiger partial charge on any atom is -0.392 e. The lowest BCUT2D eigenvalue weighted by molar-refractivity contribution is -0.230. The van der Waals surface area contributed by atoms with Crippen LogP contribution in [0.5, 0.6) is 0 Å². The van der Waals surface area contributed by atoms with Gasteiger partial charge in [0.05, 0.1) is 47.6 Å². The molecule has 0 amide bonds. The molecule has 172 valence electrons. The summed E-state index contributed by atoms with van der Waals surface area (Å²) < 4.78 is 2.22. The van der Waals surface area contributed by atoms with Crippen molar-refractivity contribution in [3.05, 3.63) is 77.7 Å². The first-order chi connectivity index (χ1) is 16.5. The van der Waals surface area contributed by atoms with Crippen LogP contribution in [0.4, 0.5) is 0 Å². The van der Waals surface area contributed by atoms with E-state index in [1.807, 2.05) is 36.8 Å². The lowest BCUT2D eigenvalue weighted by Gasteiger charge is -2.65. The van der Waals surface area contributed by atoms with Gasteiger partial charge in [0.1, 0.15) is 0 Å². The summed E-state index contributed by atoms with van der Waals surface area (Å²) in [5, 5.41) is 33.1. The smallest absolute Gasteiger partial charge is 0.0991 e. The lowest BCUT2D eigenvalue weighted by Crippen LogP contribution is -2.62. The maximum absolute atomic E-state index is 12.1. The average Bonchev–Trinajstić information content (AvgIpc) is 3.44. The van der Waals surface area contributed by atoms with Gasteiger partial charge in [-0.2, -0.15) is 5.26 Å². The van der Waals surface area contributed by atoms with Crippen LogP contribution in [-0.2, 0) is 5.60 Å². The fourth-order valence-corrected chi connectivity index (χ4v) is 8.37. The van der Waals surface area contributed by atoms with Crippen molar-refractivity contribution in [2.45, 2.75) is 56.3 Å². The highest BCUT2D eigenvalue weighted by Gasteiger charge is 2.64. The Bertz CT molecular complexity index is 1290. The highest BCUT2D eigenvalue weighted by Crippen LogP contribution is 2.67. The van der Waals surface area contributed by atoms with Gasteiger partial charge in [0.25, 0.3) is 0 Å². The molecule has 8 rings (SSSR count).